The number of anilines is 2. The van der Waals surface area contributed by atoms with Gasteiger partial charge >= 0.3 is 6.03 Å². The highest BCUT2D eigenvalue weighted by Crippen LogP contribution is 2.15. The fourth-order valence-electron chi connectivity index (χ4n) is 2.07. The Balaban J connectivity index is 1.82. The lowest BCUT2D eigenvalue weighted by Gasteiger charge is -2.13. The lowest BCUT2D eigenvalue weighted by Crippen LogP contribution is -2.28. The lowest BCUT2D eigenvalue weighted by atomic mass is 10.2. The topological polar surface area (TPSA) is 53.6 Å². The van der Waals surface area contributed by atoms with Crippen molar-refractivity contribution in [2.24, 2.45) is 0 Å². The number of carbonyl (C=O) groups excluding carboxylic acids is 1. The summed E-state index contributed by atoms with van der Waals surface area (Å²) in [5.74, 6) is 0.791. The predicted molar refractivity (Wildman–Crippen MR) is 94.2 cm³/mol. The van der Waals surface area contributed by atoms with Crippen molar-refractivity contribution in [1.29, 1.82) is 0 Å². The number of hydrogen-bond acceptors (Lipinski definition) is 3. The van der Waals surface area contributed by atoms with Gasteiger partial charge < -0.3 is 20.3 Å². The van der Waals surface area contributed by atoms with Gasteiger partial charge in [0.1, 0.15) is 5.75 Å². The van der Waals surface area contributed by atoms with Crippen molar-refractivity contribution >= 4 is 17.4 Å². The number of nitrogens with one attached hydrogen (secondary N) is 2. The number of rotatable bonds is 6. The van der Waals surface area contributed by atoms with E-state index in [-0.39, 0.29) is 6.03 Å². The highest BCUT2D eigenvalue weighted by atomic mass is 16.5. The van der Waals surface area contributed by atoms with Gasteiger partial charge in [0.15, 0.2) is 0 Å². The number of hydrogen-bond donors (Lipinski definition) is 2. The van der Waals surface area contributed by atoms with Gasteiger partial charge in [-0.25, -0.2) is 4.79 Å². The van der Waals surface area contributed by atoms with Crippen molar-refractivity contribution in [3.63, 3.8) is 0 Å². The highest BCUT2D eigenvalue weighted by molar-refractivity contribution is 5.89. The predicted octanol–water partition coefficient (Wildman–Crippen LogP) is 3.47. The Morgan fingerprint density at radius 1 is 1.04 bits per heavy atom. The van der Waals surface area contributed by atoms with E-state index in [1.165, 1.54) is 0 Å². The zero-order valence-electron chi connectivity index (χ0n) is 13.8. The third-order valence-corrected chi connectivity index (χ3v) is 3.33. The summed E-state index contributed by atoms with van der Waals surface area (Å²) in [6, 6.07) is 15.1. The summed E-state index contributed by atoms with van der Waals surface area (Å²) in [6.45, 7) is 3.04. The van der Waals surface area contributed by atoms with Crippen molar-refractivity contribution in [1.82, 2.24) is 5.32 Å². The molecule has 23 heavy (non-hydrogen) atoms. The maximum absolute atomic E-state index is 11.9. The van der Waals surface area contributed by atoms with Crippen LogP contribution in [-0.4, -0.2) is 26.7 Å². The van der Waals surface area contributed by atoms with Crippen LogP contribution in [0.25, 0.3) is 0 Å². The van der Waals surface area contributed by atoms with Gasteiger partial charge in [-0.05, 0) is 48.9 Å². The van der Waals surface area contributed by atoms with Gasteiger partial charge in [-0.15, -0.1) is 0 Å². The molecule has 122 valence electrons. The summed E-state index contributed by atoms with van der Waals surface area (Å²) < 4.78 is 5.37. The quantitative estimate of drug-likeness (QED) is 0.858. The van der Waals surface area contributed by atoms with E-state index in [2.05, 4.69) is 10.6 Å². The molecule has 0 saturated heterocycles. The normalized spacial score (nSPS) is 10.0. The van der Waals surface area contributed by atoms with E-state index in [4.69, 9.17) is 4.74 Å². The number of carbonyl (C=O) groups is 1. The van der Waals surface area contributed by atoms with E-state index in [1.54, 1.807) is 0 Å². The molecule has 0 bridgehead atoms. The van der Waals surface area contributed by atoms with Crippen LogP contribution in [0.5, 0.6) is 5.75 Å². The van der Waals surface area contributed by atoms with Gasteiger partial charge in [-0.2, -0.15) is 0 Å². The van der Waals surface area contributed by atoms with Crippen LogP contribution in [0.3, 0.4) is 0 Å². The van der Waals surface area contributed by atoms with Crippen LogP contribution in [0.1, 0.15) is 12.5 Å². The minimum atomic E-state index is -0.231. The highest BCUT2D eigenvalue weighted by Gasteiger charge is 2.03. The van der Waals surface area contributed by atoms with Crippen molar-refractivity contribution in [2.45, 2.75) is 13.5 Å². The van der Waals surface area contributed by atoms with Gasteiger partial charge in [-0.3, -0.25) is 0 Å². The fourth-order valence-corrected chi connectivity index (χ4v) is 2.07. The summed E-state index contributed by atoms with van der Waals surface area (Å²) >= 11 is 0. The molecule has 0 spiro atoms. The second-order valence-corrected chi connectivity index (χ2v) is 5.33. The number of amides is 2. The third kappa shape index (κ3) is 5.21. The minimum absolute atomic E-state index is 0.231. The first kappa shape index (κ1) is 16.7. The molecular formula is C18H23N3O2. The smallest absolute Gasteiger partial charge is 0.319 e. The lowest BCUT2D eigenvalue weighted by molar-refractivity contribution is 0.251. The molecule has 0 unspecified atom stereocenters. The van der Waals surface area contributed by atoms with Gasteiger partial charge in [0, 0.05) is 32.0 Å². The molecule has 0 aliphatic rings. The van der Waals surface area contributed by atoms with Crippen LogP contribution in [0.2, 0.25) is 0 Å². The Labute approximate surface area is 137 Å². The number of urea groups is 1. The SMILES string of the molecule is CCOc1ccc(NC(=O)NCc2ccc(N(C)C)cc2)cc1. The summed E-state index contributed by atoms with van der Waals surface area (Å²) in [4.78, 5) is 13.9. The molecule has 0 aliphatic carbocycles. The minimum Gasteiger partial charge on any atom is -0.494 e. The molecule has 2 N–H and O–H groups in total. The third-order valence-electron chi connectivity index (χ3n) is 3.33. The zero-order chi connectivity index (χ0) is 16.7. The summed E-state index contributed by atoms with van der Waals surface area (Å²) in [5, 5.41) is 5.64. The van der Waals surface area contributed by atoms with E-state index < -0.39 is 0 Å². The van der Waals surface area contributed by atoms with Gasteiger partial charge in [0.25, 0.3) is 0 Å². The maximum Gasteiger partial charge on any atom is 0.319 e. The Bertz CT molecular complexity index is 622. The molecule has 2 aromatic rings. The molecule has 2 aromatic carbocycles. The Kier molecular flexibility index (Phi) is 5.86. The van der Waals surface area contributed by atoms with E-state index in [1.807, 2.05) is 74.4 Å². The van der Waals surface area contributed by atoms with Gasteiger partial charge in [0.2, 0.25) is 0 Å². The van der Waals surface area contributed by atoms with Crippen molar-refractivity contribution < 1.29 is 9.53 Å². The number of nitrogens with zero attached hydrogens (tertiary/aromatic N) is 1. The van der Waals surface area contributed by atoms with E-state index in [0.29, 0.717) is 13.2 Å². The average molecular weight is 313 g/mol. The van der Waals surface area contributed by atoms with Crippen molar-refractivity contribution in [3.8, 4) is 5.75 Å². The molecule has 0 aromatic heterocycles. The molecule has 2 amide bonds. The molecule has 0 radical (unpaired) electrons. The second-order valence-electron chi connectivity index (χ2n) is 5.33. The van der Waals surface area contributed by atoms with Crippen molar-refractivity contribution in [3.05, 3.63) is 54.1 Å². The maximum atomic E-state index is 11.9. The molecular weight excluding hydrogens is 290 g/mol. The van der Waals surface area contributed by atoms with E-state index >= 15 is 0 Å². The monoisotopic (exact) mass is 313 g/mol. The molecule has 0 aliphatic heterocycles. The Morgan fingerprint density at radius 2 is 1.70 bits per heavy atom. The summed E-state index contributed by atoms with van der Waals surface area (Å²) in [5.41, 5.74) is 2.92. The van der Waals surface area contributed by atoms with Crippen LogP contribution in [0.15, 0.2) is 48.5 Å². The molecule has 0 heterocycles. The van der Waals surface area contributed by atoms with Crippen LogP contribution < -0.4 is 20.3 Å². The van der Waals surface area contributed by atoms with E-state index in [9.17, 15) is 4.79 Å². The largest absolute Gasteiger partial charge is 0.494 e. The van der Waals surface area contributed by atoms with Crippen LogP contribution in [0, 0.1) is 0 Å². The average Bonchev–Trinajstić information content (AvgIpc) is 2.55. The molecule has 0 atom stereocenters. The first-order chi connectivity index (χ1) is 11.1. The number of ether oxygens (including phenoxy) is 1. The Morgan fingerprint density at radius 3 is 2.26 bits per heavy atom. The van der Waals surface area contributed by atoms with Crippen molar-refractivity contribution in [2.75, 3.05) is 30.9 Å². The van der Waals surface area contributed by atoms with Crippen LogP contribution in [-0.2, 0) is 6.54 Å². The fraction of sp³-hybridized carbons (Fsp3) is 0.278. The van der Waals surface area contributed by atoms with E-state index in [0.717, 1.165) is 22.7 Å². The molecule has 2 rings (SSSR count). The molecule has 5 nitrogen and oxygen atoms in total. The van der Waals surface area contributed by atoms with Crippen LogP contribution in [0.4, 0.5) is 16.2 Å². The molecule has 0 fully saturated rings. The zero-order valence-corrected chi connectivity index (χ0v) is 13.8. The first-order valence-corrected chi connectivity index (χ1v) is 7.62. The first-order valence-electron chi connectivity index (χ1n) is 7.62. The van der Waals surface area contributed by atoms with Gasteiger partial charge in [-0.1, -0.05) is 12.1 Å². The molecule has 5 heteroatoms. The van der Waals surface area contributed by atoms with Crippen LogP contribution >= 0.6 is 0 Å². The number of benzene rings is 2. The van der Waals surface area contributed by atoms with Gasteiger partial charge in [0.05, 0.1) is 6.61 Å². The summed E-state index contributed by atoms with van der Waals surface area (Å²) in [7, 11) is 4.00. The Hall–Kier alpha value is -2.69. The molecule has 0 saturated carbocycles. The standard InChI is InChI=1S/C18H23N3O2/c1-4-23-17-11-7-15(8-12-17)20-18(22)19-13-14-5-9-16(10-6-14)21(2)3/h5-12H,4,13H2,1-3H3,(H2,19,20,22). The second kappa shape index (κ2) is 8.08. The summed E-state index contributed by atoms with van der Waals surface area (Å²) in [6.07, 6.45) is 0.